The second-order valence-electron chi connectivity index (χ2n) is 6.25. The number of fused-ring (bicyclic) bond motifs is 3. The van der Waals surface area contributed by atoms with E-state index in [0.29, 0.717) is 0 Å². The van der Waals surface area contributed by atoms with E-state index in [1.165, 1.54) is 0 Å². The third-order valence-electron chi connectivity index (χ3n) is 4.59. The molecular formula is C21H23NO5. The van der Waals surface area contributed by atoms with Crippen molar-refractivity contribution in [2.75, 3.05) is 32.9 Å². The van der Waals surface area contributed by atoms with Crippen LogP contribution >= 0.6 is 0 Å². The normalized spacial score (nSPS) is 12.2. The summed E-state index contributed by atoms with van der Waals surface area (Å²) in [6.45, 7) is 1.60. The van der Waals surface area contributed by atoms with Crippen LogP contribution < -0.4 is 0 Å². The molecule has 0 spiro atoms. The quantitative estimate of drug-likeness (QED) is 0.760. The summed E-state index contributed by atoms with van der Waals surface area (Å²) in [5, 5.41) is 9.17. The van der Waals surface area contributed by atoms with Crippen LogP contribution in [0.4, 0.5) is 4.79 Å². The summed E-state index contributed by atoms with van der Waals surface area (Å²) in [5.74, 6) is -0.584. The third kappa shape index (κ3) is 4.11. The molecule has 1 aliphatic carbocycles. The van der Waals surface area contributed by atoms with E-state index in [9.17, 15) is 9.59 Å². The zero-order valence-corrected chi connectivity index (χ0v) is 15.3. The van der Waals surface area contributed by atoms with E-state index in [0.717, 1.165) is 27.2 Å². The Morgan fingerprint density at radius 3 is 2.15 bits per heavy atom. The summed E-state index contributed by atoms with van der Waals surface area (Å²) >= 11 is 0. The van der Waals surface area contributed by atoms with Gasteiger partial charge in [0.2, 0.25) is 0 Å². The minimum Gasteiger partial charge on any atom is -0.465 e. The molecule has 0 unspecified atom stereocenters. The van der Waals surface area contributed by atoms with Crippen LogP contribution in [-0.4, -0.2) is 55.0 Å². The van der Waals surface area contributed by atoms with Gasteiger partial charge in [-0.3, -0.25) is 9.69 Å². The summed E-state index contributed by atoms with van der Waals surface area (Å²) in [5.41, 5.74) is 4.52. The maximum Gasteiger partial charge on any atom is 0.410 e. The minimum absolute atomic E-state index is 0.00941. The zero-order valence-electron chi connectivity index (χ0n) is 15.3. The van der Waals surface area contributed by atoms with Crippen LogP contribution in [-0.2, 0) is 14.3 Å². The summed E-state index contributed by atoms with van der Waals surface area (Å²) in [6, 6.07) is 16.1. The van der Waals surface area contributed by atoms with Crippen LogP contribution in [0.2, 0.25) is 0 Å². The van der Waals surface area contributed by atoms with Crippen LogP contribution in [0.25, 0.3) is 11.1 Å². The lowest BCUT2D eigenvalue weighted by molar-refractivity contribution is -0.144. The molecule has 6 nitrogen and oxygen atoms in total. The predicted octanol–water partition coefficient (Wildman–Crippen LogP) is 2.79. The maximum absolute atomic E-state index is 12.4. The topological polar surface area (TPSA) is 76.1 Å². The van der Waals surface area contributed by atoms with Crippen molar-refractivity contribution in [2.24, 2.45) is 0 Å². The molecular weight excluding hydrogens is 346 g/mol. The molecule has 6 heteroatoms. The molecule has 0 aromatic heterocycles. The average molecular weight is 369 g/mol. The molecule has 0 saturated heterocycles. The Bertz CT molecular complexity index is 774. The van der Waals surface area contributed by atoms with Crippen LogP contribution in [0.3, 0.4) is 0 Å². The highest BCUT2D eigenvalue weighted by Crippen LogP contribution is 2.44. The fourth-order valence-electron chi connectivity index (χ4n) is 3.40. The van der Waals surface area contributed by atoms with Crippen molar-refractivity contribution >= 4 is 12.1 Å². The Balaban J connectivity index is 1.71. The van der Waals surface area contributed by atoms with E-state index in [1.807, 2.05) is 36.4 Å². The molecule has 142 valence electrons. The fraction of sp³-hybridized carbons (Fsp3) is 0.333. The Hall–Kier alpha value is -2.86. The van der Waals surface area contributed by atoms with Gasteiger partial charge in [0, 0.05) is 12.5 Å². The number of esters is 1. The Labute approximate surface area is 158 Å². The number of rotatable bonds is 7. The molecule has 0 radical (unpaired) electrons. The number of hydrogen-bond donors (Lipinski definition) is 1. The van der Waals surface area contributed by atoms with E-state index >= 15 is 0 Å². The van der Waals surface area contributed by atoms with Gasteiger partial charge in [0.05, 0.1) is 13.2 Å². The molecule has 1 aliphatic rings. The first-order valence-electron chi connectivity index (χ1n) is 9.02. The number of aliphatic hydroxyl groups is 1. The largest absolute Gasteiger partial charge is 0.465 e. The third-order valence-corrected chi connectivity index (χ3v) is 4.59. The number of carbonyl (C=O) groups is 2. The van der Waals surface area contributed by atoms with Gasteiger partial charge in [-0.05, 0) is 29.2 Å². The van der Waals surface area contributed by atoms with E-state index in [2.05, 4.69) is 12.1 Å². The standard InChI is InChI=1S/C21H23NO5/c1-2-26-20(24)13-22(11-12-23)21(25)27-14-19-17-9-5-3-7-15(17)16-8-4-6-10-18(16)19/h3-10,19,23H,2,11-14H2,1H3. The number of aliphatic hydroxyl groups excluding tert-OH is 1. The lowest BCUT2D eigenvalue weighted by Crippen LogP contribution is -2.39. The Morgan fingerprint density at radius 2 is 1.59 bits per heavy atom. The van der Waals surface area contributed by atoms with E-state index in [1.54, 1.807) is 6.92 Å². The monoisotopic (exact) mass is 369 g/mol. The highest BCUT2D eigenvalue weighted by Gasteiger charge is 2.30. The summed E-state index contributed by atoms with van der Waals surface area (Å²) in [6.07, 6.45) is -0.640. The number of benzene rings is 2. The number of ether oxygens (including phenoxy) is 2. The molecule has 2 aromatic carbocycles. The Morgan fingerprint density at radius 1 is 1.00 bits per heavy atom. The van der Waals surface area contributed by atoms with E-state index in [-0.39, 0.29) is 38.8 Å². The average Bonchev–Trinajstić information content (AvgIpc) is 3.00. The van der Waals surface area contributed by atoms with Gasteiger partial charge in [0.15, 0.2) is 0 Å². The molecule has 27 heavy (non-hydrogen) atoms. The van der Waals surface area contributed by atoms with Gasteiger partial charge in [0.25, 0.3) is 0 Å². The minimum atomic E-state index is -0.640. The molecule has 0 aliphatic heterocycles. The SMILES string of the molecule is CCOC(=O)CN(CCO)C(=O)OCC1c2ccccc2-c2ccccc21. The number of nitrogens with zero attached hydrogens (tertiary/aromatic N) is 1. The zero-order chi connectivity index (χ0) is 19.2. The summed E-state index contributed by atoms with van der Waals surface area (Å²) in [4.78, 5) is 25.3. The van der Waals surface area contributed by atoms with Crippen molar-refractivity contribution in [3.05, 3.63) is 59.7 Å². The molecule has 0 bridgehead atoms. The van der Waals surface area contributed by atoms with Crippen LogP contribution in [0.15, 0.2) is 48.5 Å². The Kier molecular flexibility index (Phi) is 6.08. The highest BCUT2D eigenvalue weighted by molar-refractivity contribution is 5.80. The smallest absolute Gasteiger partial charge is 0.410 e. The molecule has 0 fully saturated rings. The predicted molar refractivity (Wildman–Crippen MR) is 100 cm³/mol. The molecule has 3 rings (SSSR count). The van der Waals surface area contributed by atoms with Gasteiger partial charge in [-0.15, -0.1) is 0 Å². The van der Waals surface area contributed by atoms with Gasteiger partial charge in [-0.1, -0.05) is 48.5 Å². The van der Waals surface area contributed by atoms with Crippen LogP contribution in [0.1, 0.15) is 24.0 Å². The first kappa shape index (κ1) is 18.9. The van der Waals surface area contributed by atoms with Crippen molar-refractivity contribution in [3.63, 3.8) is 0 Å². The van der Waals surface area contributed by atoms with Crippen molar-refractivity contribution in [2.45, 2.75) is 12.8 Å². The second kappa shape index (κ2) is 8.68. The lowest BCUT2D eigenvalue weighted by atomic mass is 9.98. The molecule has 0 atom stereocenters. The molecule has 1 amide bonds. The molecule has 0 heterocycles. The van der Waals surface area contributed by atoms with Gasteiger partial charge in [-0.25, -0.2) is 4.79 Å². The van der Waals surface area contributed by atoms with Gasteiger partial charge in [-0.2, -0.15) is 0 Å². The van der Waals surface area contributed by atoms with Gasteiger partial charge >= 0.3 is 12.1 Å². The van der Waals surface area contributed by atoms with Crippen LogP contribution in [0, 0.1) is 0 Å². The first-order chi connectivity index (χ1) is 13.2. The van der Waals surface area contributed by atoms with Crippen molar-refractivity contribution in [3.8, 4) is 11.1 Å². The summed E-state index contributed by atoms with van der Waals surface area (Å²) < 4.78 is 10.4. The number of carbonyl (C=O) groups excluding carboxylic acids is 2. The molecule has 0 saturated carbocycles. The fourth-order valence-corrected chi connectivity index (χ4v) is 3.40. The number of amides is 1. The maximum atomic E-state index is 12.4. The van der Waals surface area contributed by atoms with E-state index in [4.69, 9.17) is 14.6 Å². The number of hydrogen-bond acceptors (Lipinski definition) is 5. The van der Waals surface area contributed by atoms with Crippen molar-refractivity contribution < 1.29 is 24.2 Å². The highest BCUT2D eigenvalue weighted by atomic mass is 16.6. The lowest BCUT2D eigenvalue weighted by Gasteiger charge is -2.22. The van der Waals surface area contributed by atoms with E-state index < -0.39 is 12.1 Å². The molecule has 1 N–H and O–H groups in total. The summed E-state index contributed by atoms with van der Waals surface area (Å²) in [7, 11) is 0. The van der Waals surface area contributed by atoms with Crippen LogP contribution in [0.5, 0.6) is 0 Å². The first-order valence-corrected chi connectivity index (χ1v) is 9.02. The van der Waals surface area contributed by atoms with Gasteiger partial charge < -0.3 is 14.6 Å². The second-order valence-corrected chi connectivity index (χ2v) is 6.25. The van der Waals surface area contributed by atoms with Crippen molar-refractivity contribution in [1.82, 2.24) is 4.90 Å². The van der Waals surface area contributed by atoms with Crippen molar-refractivity contribution in [1.29, 1.82) is 0 Å². The van der Waals surface area contributed by atoms with Gasteiger partial charge in [0.1, 0.15) is 13.2 Å². The molecule has 2 aromatic rings.